The monoisotopic (exact) mass is 154 g/mol. The Morgan fingerprint density at radius 3 is 2.27 bits per heavy atom. The first kappa shape index (κ1) is 9.66. The molecular weight excluding hydrogens is 144 g/mol. The zero-order valence-electron chi connectivity index (χ0n) is 6.80. The minimum absolute atomic E-state index is 0.0696. The molecule has 0 unspecified atom stereocenters. The van der Waals surface area contributed by atoms with Crippen LogP contribution in [-0.2, 0) is 14.3 Å². The zero-order valence-corrected chi connectivity index (χ0v) is 6.80. The number of carbonyl (C=O) groups excluding carboxylic acids is 2. The van der Waals surface area contributed by atoms with E-state index >= 15 is 0 Å². The molecule has 0 saturated heterocycles. The van der Waals surface area contributed by atoms with Crippen LogP contribution in [0.3, 0.4) is 0 Å². The fourth-order valence-corrected chi connectivity index (χ4v) is 0.654. The van der Waals surface area contributed by atoms with Gasteiger partial charge in [-0.05, 0) is 19.9 Å². The van der Waals surface area contributed by atoms with Crippen LogP contribution in [-0.4, -0.2) is 18.8 Å². The van der Waals surface area contributed by atoms with E-state index in [1.54, 1.807) is 12.9 Å². The summed E-state index contributed by atoms with van der Waals surface area (Å²) in [5.41, 5.74) is 0.495. The molecule has 0 aromatic rings. The first-order chi connectivity index (χ1) is 5.11. The molecule has 0 aliphatic carbocycles. The maximum absolute atomic E-state index is 10.5. The summed E-state index contributed by atoms with van der Waals surface area (Å²) < 4.78 is 4.63. The van der Waals surface area contributed by atoms with Crippen LogP contribution in [0.1, 0.15) is 13.8 Å². The van der Waals surface area contributed by atoms with E-state index in [1.807, 2.05) is 0 Å². The second-order valence-corrected chi connectivity index (χ2v) is 2.07. The largest absolute Gasteiger partial charge is 0.486 e. The van der Waals surface area contributed by atoms with Gasteiger partial charge in [0.2, 0.25) is 5.76 Å². The Balaban J connectivity index is 4.59. The Morgan fingerprint density at radius 2 is 2.00 bits per heavy atom. The molecule has 0 spiro atoms. The first-order valence-electron chi connectivity index (χ1n) is 3.10. The minimum atomic E-state index is -0.118. The highest BCUT2D eigenvalue weighted by atomic mass is 16.5. The lowest BCUT2D eigenvalue weighted by Gasteiger charge is -1.98. The fourth-order valence-electron chi connectivity index (χ4n) is 0.654. The summed E-state index contributed by atoms with van der Waals surface area (Å²) in [7, 11) is 1.36. The number of hydrogen-bond donors (Lipinski definition) is 0. The minimum Gasteiger partial charge on any atom is -0.486 e. The van der Waals surface area contributed by atoms with Gasteiger partial charge in [-0.2, -0.15) is 0 Å². The Bertz CT molecular complexity index is 232. The SMILES string of the molecule is COC(=C=O)/C(C)=C/C(C)=O. The van der Waals surface area contributed by atoms with Gasteiger partial charge in [-0.25, -0.2) is 4.79 Å². The van der Waals surface area contributed by atoms with Crippen molar-refractivity contribution in [3.63, 3.8) is 0 Å². The zero-order chi connectivity index (χ0) is 8.85. The van der Waals surface area contributed by atoms with Gasteiger partial charge < -0.3 is 4.74 Å². The van der Waals surface area contributed by atoms with Gasteiger partial charge in [-0.3, -0.25) is 4.79 Å². The molecule has 0 N–H and O–H groups in total. The number of ether oxygens (including phenoxy) is 1. The normalized spacial score (nSPS) is 10.3. The number of allylic oxidation sites excluding steroid dienone is 2. The standard InChI is InChI=1S/C8H10O3/c1-6(4-7(2)10)8(5-9)11-3/h4H,1-3H3/b6-4+. The number of hydrogen-bond acceptors (Lipinski definition) is 3. The summed E-state index contributed by atoms with van der Waals surface area (Å²) in [5.74, 6) is 1.53. The summed E-state index contributed by atoms with van der Waals surface area (Å²) in [6.45, 7) is 3.02. The Hall–Kier alpha value is -1.34. The average Bonchev–Trinajstić information content (AvgIpc) is 1.88. The highest BCUT2D eigenvalue weighted by Gasteiger charge is 2.00. The third-order valence-corrected chi connectivity index (χ3v) is 1.07. The number of carbonyl (C=O) groups is 1. The highest BCUT2D eigenvalue weighted by molar-refractivity contribution is 5.89. The van der Waals surface area contributed by atoms with Crippen molar-refractivity contribution in [2.24, 2.45) is 0 Å². The van der Waals surface area contributed by atoms with Crippen molar-refractivity contribution in [1.82, 2.24) is 0 Å². The predicted octanol–water partition coefficient (Wildman–Crippen LogP) is 0.884. The topological polar surface area (TPSA) is 43.4 Å². The van der Waals surface area contributed by atoms with Gasteiger partial charge in [-0.15, -0.1) is 0 Å². The van der Waals surface area contributed by atoms with Gasteiger partial charge in [0.25, 0.3) is 0 Å². The number of methoxy groups -OCH3 is 1. The van der Waals surface area contributed by atoms with Crippen LogP contribution in [0.5, 0.6) is 0 Å². The lowest BCUT2D eigenvalue weighted by molar-refractivity contribution is -0.112. The molecule has 0 aliphatic rings. The van der Waals surface area contributed by atoms with E-state index in [1.165, 1.54) is 20.1 Å². The lowest BCUT2D eigenvalue weighted by Crippen LogP contribution is -1.92. The number of rotatable bonds is 3. The molecule has 0 atom stereocenters. The van der Waals surface area contributed by atoms with E-state index < -0.39 is 0 Å². The van der Waals surface area contributed by atoms with Crippen LogP contribution in [0, 0.1) is 0 Å². The Morgan fingerprint density at radius 1 is 1.45 bits per heavy atom. The molecule has 0 saturated carbocycles. The summed E-state index contributed by atoms with van der Waals surface area (Å²) in [5, 5.41) is 0. The first-order valence-corrected chi connectivity index (χ1v) is 3.10. The lowest BCUT2D eigenvalue weighted by atomic mass is 10.2. The molecule has 0 amide bonds. The van der Waals surface area contributed by atoms with Crippen LogP contribution in [0.15, 0.2) is 17.4 Å². The van der Waals surface area contributed by atoms with Crippen molar-refractivity contribution in [1.29, 1.82) is 0 Å². The van der Waals surface area contributed by atoms with Crippen molar-refractivity contribution in [3.05, 3.63) is 17.4 Å². The van der Waals surface area contributed by atoms with Gasteiger partial charge in [0.1, 0.15) is 0 Å². The van der Waals surface area contributed by atoms with Crippen molar-refractivity contribution in [2.75, 3.05) is 7.11 Å². The van der Waals surface area contributed by atoms with Crippen LogP contribution in [0.4, 0.5) is 0 Å². The van der Waals surface area contributed by atoms with Crippen LogP contribution in [0.2, 0.25) is 0 Å². The quantitative estimate of drug-likeness (QED) is 0.262. The molecule has 0 radical (unpaired) electrons. The van der Waals surface area contributed by atoms with E-state index in [0.29, 0.717) is 5.57 Å². The molecule has 0 fully saturated rings. The van der Waals surface area contributed by atoms with E-state index in [-0.39, 0.29) is 11.5 Å². The van der Waals surface area contributed by atoms with Crippen LogP contribution in [0.25, 0.3) is 0 Å². The van der Waals surface area contributed by atoms with Crippen molar-refractivity contribution >= 4 is 11.7 Å². The van der Waals surface area contributed by atoms with Gasteiger partial charge >= 0.3 is 0 Å². The molecule has 0 heterocycles. The maximum Gasteiger partial charge on any atom is 0.206 e. The molecular formula is C8H10O3. The number of ketones is 1. The van der Waals surface area contributed by atoms with Gasteiger partial charge in [-0.1, -0.05) is 0 Å². The van der Waals surface area contributed by atoms with E-state index in [0.717, 1.165) is 0 Å². The third-order valence-electron chi connectivity index (χ3n) is 1.07. The van der Waals surface area contributed by atoms with E-state index in [4.69, 9.17) is 0 Å². The second-order valence-electron chi connectivity index (χ2n) is 2.07. The molecule has 0 aromatic carbocycles. The van der Waals surface area contributed by atoms with Gasteiger partial charge in [0.05, 0.1) is 7.11 Å². The fraction of sp³-hybridized carbons (Fsp3) is 0.375. The molecule has 0 aromatic heterocycles. The molecule has 0 rings (SSSR count). The highest BCUT2D eigenvalue weighted by Crippen LogP contribution is 2.05. The average molecular weight is 154 g/mol. The molecule has 3 heteroatoms. The van der Waals surface area contributed by atoms with E-state index in [9.17, 15) is 9.59 Å². The summed E-state index contributed by atoms with van der Waals surface area (Å²) in [4.78, 5) is 20.6. The predicted molar refractivity (Wildman–Crippen MR) is 40.7 cm³/mol. The molecule has 11 heavy (non-hydrogen) atoms. The molecule has 0 aliphatic heterocycles. The summed E-state index contributed by atoms with van der Waals surface area (Å²) in [6, 6.07) is 0. The molecule has 0 bridgehead atoms. The summed E-state index contributed by atoms with van der Waals surface area (Å²) in [6.07, 6.45) is 1.32. The smallest absolute Gasteiger partial charge is 0.206 e. The van der Waals surface area contributed by atoms with Crippen molar-refractivity contribution in [2.45, 2.75) is 13.8 Å². The Labute approximate surface area is 65.4 Å². The molecule has 60 valence electrons. The Kier molecular flexibility index (Phi) is 3.93. The molecule has 3 nitrogen and oxygen atoms in total. The third kappa shape index (κ3) is 3.38. The van der Waals surface area contributed by atoms with Gasteiger partial charge in [0.15, 0.2) is 11.7 Å². The van der Waals surface area contributed by atoms with Gasteiger partial charge in [0, 0.05) is 5.57 Å². The van der Waals surface area contributed by atoms with Crippen molar-refractivity contribution < 1.29 is 14.3 Å². The van der Waals surface area contributed by atoms with Crippen LogP contribution < -0.4 is 0 Å². The van der Waals surface area contributed by atoms with Crippen LogP contribution >= 0.6 is 0 Å². The van der Waals surface area contributed by atoms with E-state index in [2.05, 4.69) is 4.74 Å². The maximum atomic E-state index is 10.5. The second kappa shape index (κ2) is 4.47. The summed E-state index contributed by atoms with van der Waals surface area (Å²) >= 11 is 0. The van der Waals surface area contributed by atoms with Crippen molar-refractivity contribution in [3.8, 4) is 0 Å².